The molecule has 106 valence electrons. The highest BCUT2D eigenvalue weighted by molar-refractivity contribution is 6.02. The summed E-state index contributed by atoms with van der Waals surface area (Å²) in [7, 11) is 0. The van der Waals surface area contributed by atoms with Crippen LogP contribution in [0.15, 0.2) is 18.2 Å². The Balaban J connectivity index is 1.75. The molecule has 5 nitrogen and oxygen atoms in total. The fourth-order valence-corrected chi connectivity index (χ4v) is 3.45. The first kappa shape index (κ1) is 13.0. The molecule has 1 aromatic carbocycles. The summed E-state index contributed by atoms with van der Waals surface area (Å²) in [5.74, 6) is -0.0525. The topological polar surface area (TPSA) is 92.4 Å². The number of nitrogens with two attached hydrogens (primary N) is 1. The Bertz CT molecular complexity index is 558. The molecule has 0 spiro atoms. The number of rotatable bonds is 3. The Hall–Kier alpha value is -2.04. The van der Waals surface area contributed by atoms with Gasteiger partial charge in [0.05, 0.1) is 11.3 Å². The molecular formula is C15H18N2O3. The maximum absolute atomic E-state index is 12.3. The summed E-state index contributed by atoms with van der Waals surface area (Å²) in [6, 6.07) is 4.53. The van der Waals surface area contributed by atoms with Crippen molar-refractivity contribution < 1.29 is 14.7 Å². The minimum absolute atomic E-state index is 0.0435. The smallest absolute Gasteiger partial charge is 0.337 e. The quantitative estimate of drug-likeness (QED) is 0.738. The number of amides is 1. The van der Waals surface area contributed by atoms with E-state index in [9.17, 15) is 9.59 Å². The Morgan fingerprint density at radius 2 is 1.85 bits per heavy atom. The average molecular weight is 274 g/mol. The van der Waals surface area contributed by atoms with Gasteiger partial charge in [0.2, 0.25) is 5.91 Å². The second-order valence-electron chi connectivity index (χ2n) is 5.74. The SMILES string of the molecule is Nc1ccc(NC(=O)C2C3CCCCC32)c(C(=O)O)c1. The van der Waals surface area contributed by atoms with Gasteiger partial charge >= 0.3 is 5.97 Å². The Kier molecular flexibility index (Phi) is 3.12. The number of nitrogen functional groups attached to an aromatic ring is 1. The van der Waals surface area contributed by atoms with E-state index < -0.39 is 5.97 Å². The van der Waals surface area contributed by atoms with Crippen LogP contribution in [0.5, 0.6) is 0 Å². The van der Waals surface area contributed by atoms with Crippen molar-refractivity contribution in [2.24, 2.45) is 17.8 Å². The summed E-state index contributed by atoms with van der Waals surface area (Å²) in [4.78, 5) is 23.5. The molecule has 0 aromatic heterocycles. The summed E-state index contributed by atoms with van der Waals surface area (Å²) < 4.78 is 0. The third-order valence-electron chi connectivity index (χ3n) is 4.49. The standard InChI is InChI=1S/C15H18N2O3/c16-8-5-6-12(11(7-8)15(19)20)17-14(18)13-9-3-1-2-4-10(9)13/h5-7,9-10,13H,1-4,16H2,(H,17,18)(H,19,20). The molecule has 20 heavy (non-hydrogen) atoms. The van der Waals surface area contributed by atoms with Crippen molar-refractivity contribution in [1.29, 1.82) is 0 Å². The Morgan fingerprint density at radius 1 is 1.20 bits per heavy atom. The summed E-state index contributed by atoms with van der Waals surface area (Å²) in [6.45, 7) is 0. The van der Waals surface area contributed by atoms with Crippen LogP contribution in [-0.4, -0.2) is 17.0 Å². The molecule has 2 unspecified atom stereocenters. The molecular weight excluding hydrogens is 256 g/mol. The first-order valence-electron chi connectivity index (χ1n) is 7.01. The summed E-state index contributed by atoms with van der Waals surface area (Å²) in [5.41, 5.74) is 6.34. The molecule has 1 amide bonds. The first-order chi connectivity index (χ1) is 9.58. The normalized spacial score (nSPS) is 27.5. The molecule has 4 N–H and O–H groups in total. The second kappa shape index (κ2) is 4.81. The molecule has 2 fully saturated rings. The van der Waals surface area contributed by atoms with Gasteiger partial charge in [-0.1, -0.05) is 12.8 Å². The largest absolute Gasteiger partial charge is 0.478 e. The van der Waals surface area contributed by atoms with Crippen LogP contribution >= 0.6 is 0 Å². The third kappa shape index (κ3) is 2.24. The zero-order chi connectivity index (χ0) is 14.3. The van der Waals surface area contributed by atoms with Crippen molar-refractivity contribution >= 4 is 23.3 Å². The highest BCUT2D eigenvalue weighted by Crippen LogP contribution is 2.55. The molecule has 0 aliphatic heterocycles. The highest BCUT2D eigenvalue weighted by Gasteiger charge is 2.54. The van der Waals surface area contributed by atoms with Gasteiger partial charge in [-0.3, -0.25) is 4.79 Å². The molecule has 2 aliphatic rings. The lowest BCUT2D eigenvalue weighted by molar-refractivity contribution is -0.117. The fraction of sp³-hybridized carbons (Fsp3) is 0.467. The van der Waals surface area contributed by atoms with Crippen LogP contribution in [0.3, 0.4) is 0 Å². The van der Waals surface area contributed by atoms with E-state index in [0.29, 0.717) is 23.2 Å². The second-order valence-corrected chi connectivity index (χ2v) is 5.74. The molecule has 3 rings (SSSR count). The minimum atomic E-state index is -1.08. The molecule has 1 aromatic rings. The number of fused-ring (bicyclic) bond motifs is 1. The number of benzene rings is 1. The predicted molar refractivity (Wildman–Crippen MR) is 75.4 cm³/mol. The van der Waals surface area contributed by atoms with Crippen LogP contribution in [-0.2, 0) is 4.79 Å². The lowest BCUT2D eigenvalue weighted by Crippen LogP contribution is -2.18. The van der Waals surface area contributed by atoms with Crippen LogP contribution in [0.2, 0.25) is 0 Å². The van der Waals surface area contributed by atoms with Crippen molar-refractivity contribution in [2.75, 3.05) is 11.1 Å². The van der Waals surface area contributed by atoms with Crippen molar-refractivity contribution in [2.45, 2.75) is 25.7 Å². The summed E-state index contributed by atoms with van der Waals surface area (Å²) in [6.07, 6.45) is 4.65. The van der Waals surface area contributed by atoms with Gasteiger partial charge in [-0.2, -0.15) is 0 Å². The lowest BCUT2D eigenvalue weighted by Gasteiger charge is -2.09. The van der Waals surface area contributed by atoms with Gasteiger partial charge in [0.15, 0.2) is 0 Å². The van der Waals surface area contributed by atoms with Gasteiger partial charge < -0.3 is 16.2 Å². The van der Waals surface area contributed by atoms with Crippen molar-refractivity contribution in [3.8, 4) is 0 Å². The van der Waals surface area contributed by atoms with E-state index in [1.165, 1.54) is 18.9 Å². The number of hydrogen-bond donors (Lipinski definition) is 3. The highest BCUT2D eigenvalue weighted by atomic mass is 16.4. The monoisotopic (exact) mass is 274 g/mol. The van der Waals surface area contributed by atoms with Crippen molar-refractivity contribution in [1.82, 2.24) is 0 Å². The summed E-state index contributed by atoms with van der Waals surface area (Å²) in [5, 5.41) is 11.9. The molecule has 2 saturated carbocycles. The molecule has 0 radical (unpaired) electrons. The summed E-state index contributed by atoms with van der Waals surface area (Å²) >= 11 is 0. The van der Waals surface area contributed by atoms with Gasteiger partial charge in [0.1, 0.15) is 0 Å². The fourth-order valence-electron chi connectivity index (χ4n) is 3.45. The number of hydrogen-bond acceptors (Lipinski definition) is 3. The van der Waals surface area contributed by atoms with Crippen LogP contribution < -0.4 is 11.1 Å². The van der Waals surface area contributed by atoms with Crippen LogP contribution in [0.1, 0.15) is 36.0 Å². The lowest BCUT2D eigenvalue weighted by atomic mass is 10.0. The van der Waals surface area contributed by atoms with Crippen LogP contribution in [0.25, 0.3) is 0 Å². The number of nitrogens with one attached hydrogen (secondary N) is 1. The van der Waals surface area contributed by atoms with Gasteiger partial charge in [0, 0.05) is 11.6 Å². The van der Waals surface area contributed by atoms with Crippen LogP contribution in [0.4, 0.5) is 11.4 Å². The van der Waals surface area contributed by atoms with Gasteiger partial charge in [0.25, 0.3) is 0 Å². The van der Waals surface area contributed by atoms with E-state index in [1.54, 1.807) is 12.1 Å². The zero-order valence-electron chi connectivity index (χ0n) is 11.1. The number of carbonyl (C=O) groups is 2. The van der Waals surface area contributed by atoms with Gasteiger partial charge in [-0.25, -0.2) is 4.79 Å². The first-order valence-corrected chi connectivity index (χ1v) is 7.01. The number of carboxylic acids is 1. The van der Waals surface area contributed by atoms with E-state index >= 15 is 0 Å². The maximum atomic E-state index is 12.3. The number of carbonyl (C=O) groups excluding carboxylic acids is 1. The minimum Gasteiger partial charge on any atom is -0.478 e. The molecule has 2 atom stereocenters. The third-order valence-corrected chi connectivity index (χ3v) is 4.49. The zero-order valence-corrected chi connectivity index (χ0v) is 11.1. The molecule has 0 bridgehead atoms. The molecule has 0 heterocycles. The predicted octanol–water partition coefficient (Wildman–Crippen LogP) is 2.34. The van der Waals surface area contributed by atoms with E-state index in [4.69, 9.17) is 10.8 Å². The average Bonchev–Trinajstić information content (AvgIpc) is 3.15. The van der Waals surface area contributed by atoms with E-state index in [0.717, 1.165) is 12.8 Å². The maximum Gasteiger partial charge on any atom is 0.337 e. The number of anilines is 2. The van der Waals surface area contributed by atoms with E-state index in [2.05, 4.69) is 5.32 Å². The van der Waals surface area contributed by atoms with Gasteiger partial charge in [-0.05, 0) is 42.9 Å². The van der Waals surface area contributed by atoms with Crippen molar-refractivity contribution in [3.63, 3.8) is 0 Å². The number of aromatic carboxylic acids is 1. The molecule has 0 saturated heterocycles. The Morgan fingerprint density at radius 3 is 2.45 bits per heavy atom. The number of carboxylic acid groups (broad SMARTS) is 1. The molecule has 2 aliphatic carbocycles. The Labute approximate surface area is 117 Å². The molecule has 5 heteroatoms. The van der Waals surface area contributed by atoms with Gasteiger partial charge in [-0.15, -0.1) is 0 Å². The van der Waals surface area contributed by atoms with E-state index in [1.807, 2.05) is 0 Å². The van der Waals surface area contributed by atoms with Crippen molar-refractivity contribution in [3.05, 3.63) is 23.8 Å². The van der Waals surface area contributed by atoms with Crippen LogP contribution in [0, 0.1) is 17.8 Å². The van der Waals surface area contributed by atoms with E-state index in [-0.39, 0.29) is 17.4 Å².